The number of hydrogen-bond donors (Lipinski definition) is 2. The molecule has 2 heterocycles. The van der Waals surface area contributed by atoms with Crippen LogP contribution in [0.2, 0.25) is 0 Å². The Kier molecular flexibility index (Phi) is 8.88. The molecule has 7 nitrogen and oxygen atoms in total. The Morgan fingerprint density at radius 1 is 1.07 bits per heavy atom. The Morgan fingerprint density at radius 3 is 2.56 bits per heavy atom. The van der Waals surface area contributed by atoms with Crippen LogP contribution < -0.4 is 10.1 Å². The molecule has 0 spiro atoms. The van der Waals surface area contributed by atoms with Crippen LogP contribution >= 0.6 is 0 Å². The van der Waals surface area contributed by atoms with Crippen LogP contribution in [0.15, 0.2) is 66.9 Å². The lowest BCUT2D eigenvalue weighted by atomic mass is 10.0. The van der Waals surface area contributed by atoms with Gasteiger partial charge in [-0.1, -0.05) is 48.4 Å². The van der Waals surface area contributed by atoms with Crippen LogP contribution in [0.25, 0.3) is 10.9 Å². The first kappa shape index (κ1) is 28.2. The number of halogens is 1. The van der Waals surface area contributed by atoms with Crippen LogP contribution in [-0.2, 0) is 17.8 Å². The third-order valence-electron chi connectivity index (χ3n) is 7.05. The van der Waals surface area contributed by atoms with Crippen molar-refractivity contribution in [2.75, 3.05) is 20.3 Å². The first-order valence-electron chi connectivity index (χ1n) is 13.7. The molecule has 1 aliphatic carbocycles. The number of pyridine rings is 2. The van der Waals surface area contributed by atoms with E-state index in [1.165, 1.54) is 12.1 Å². The summed E-state index contributed by atoms with van der Waals surface area (Å²) in [5.74, 6) is 5.60. The number of aliphatic hydroxyl groups is 1. The molecule has 5 rings (SSSR count). The number of fused-ring (bicyclic) bond motifs is 1. The summed E-state index contributed by atoms with van der Waals surface area (Å²) in [5.41, 5.74) is 2.45. The molecule has 2 aromatic heterocycles. The molecule has 1 amide bonds. The van der Waals surface area contributed by atoms with Crippen molar-refractivity contribution in [2.45, 2.75) is 44.3 Å². The van der Waals surface area contributed by atoms with Crippen molar-refractivity contribution >= 4 is 16.8 Å². The highest BCUT2D eigenvalue weighted by molar-refractivity contribution is 6.02. The Hall–Kier alpha value is -4.32. The summed E-state index contributed by atoms with van der Waals surface area (Å²) < 4.78 is 24.8. The second-order valence-corrected chi connectivity index (χ2v) is 10.2. The zero-order chi connectivity index (χ0) is 28.7. The predicted molar refractivity (Wildman–Crippen MR) is 154 cm³/mol. The van der Waals surface area contributed by atoms with Crippen molar-refractivity contribution in [1.29, 1.82) is 0 Å². The number of ether oxygens (including phenoxy) is 2. The van der Waals surface area contributed by atoms with Gasteiger partial charge in [0, 0.05) is 25.2 Å². The number of hydrogen-bond acceptors (Lipinski definition) is 6. The third-order valence-corrected chi connectivity index (χ3v) is 7.05. The van der Waals surface area contributed by atoms with Gasteiger partial charge in [-0.2, -0.15) is 0 Å². The fourth-order valence-corrected chi connectivity index (χ4v) is 4.87. The highest BCUT2D eigenvalue weighted by Gasteiger charge is 2.29. The number of nitrogens with zero attached hydrogens (tertiary/aromatic N) is 2. The maximum Gasteiger partial charge on any atom is 0.273 e. The lowest BCUT2D eigenvalue weighted by molar-refractivity contribution is 0.0927. The average Bonchev–Trinajstić information content (AvgIpc) is 3.43. The summed E-state index contributed by atoms with van der Waals surface area (Å²) in [7, 11) is 1.56. The monoisotopic (exact) mass is 553 g/mol. The van der Waals surface area contributed by atoms with E-state index in [-0.39, 0.29) is 30.4 Å². The van der Waals surface area contributed by atoms with E-state index < -0.39 is 11.5 Å². The van der Waals surface area contributed by atoms with Crippen molar-refractivity contribution in [3.63, 3.8) is 0 Å². The number of nitrogens with one attached hydrogen (secondary N) is 1. The minimum absolute atomic E-state index is 0.0611. The first-order chi connectivity index (χ1) is 19.9. The molecule has 0 unspecified atom stereocenters. The van der Waals surface area contributed by atoms with E-state index in [1.807, 2.05) is 36.4 Å². The smallest absolute Gasteiger partial charge is 0.273 e. The maximum atomic E-state index is 13.5. The lowest BCUT2D eigenvalue weighted by Crippen LogP contribution is -2.28. The van der Waals surface area contributed by atoms with Gasteiger partial charge in [0.15, 0.2) is 11.4 Å². The van der Waals surface area contributed by atoms with Gasteiger partial charge >= 0.3 is 0 Å². The number of aromatic nitrogens is 2. The summed E-state index contributed by atoms with van der Waals surface area (Å²) in [6, 6.07) is 17.9. The van der Waals surface area contributed by atoms with Gasteiger partial charge < -0.3 is 19.9 Å². The lowest BCUT2D eigenvalue weighted by Gasteiger charge is -2.16. The average molecular weight is 554 g/mol. The van der Waals surface area contributed by atoms with Crippen molar-refractivity contribution in [1.82, 2.24) is 15.3 Å². The molecule has 1 saturated carbocycles. The van der Waals surface area contributed by atoms with E-state index in [2.05, 4.69) is 17.2 Å². The Bertz CT molecular complexity index is 1570. The van der Waals surface area contributed by atoms with Crippen LogP contribution in [0.1, 0.15) is 58.6 Å². The van der Waals surface area contributed by atoms with Gasteiger partial charge in [-0.15, -0.1) is 0 Å². The predicted octanol–water partition coefficient (Wildman–Crippen LogP) is 4.97. The molecule has 0 aliphatic heterocycles. The molecule has 41 heavy (non-hydrogen) atoms. The largest absolute Gasteiger partial charge is 0.484 e. The summed E-state index contributed by atoms with van der Waals surface area (Å²) >= 11 is 0. The number of rotatable bonds is 9. The number of amides is 1. The molecular formula is C33H32FN3O4. The van der Waals surface area contributed by atoms with Crippen LogP contribution in [0, 0.1) is 17.7 Å². The molecule has 0 bridgehead atoms. The fourth-order valence-electron chi connectivity index (χ4n) is 4.87. The quantitative estimate of drug-likeness (QED) is 0.225. The summed E-state index contributed by atoms with van der Waals surface area (Å²) in [4.78, 5) is 22.8. The van der Waals surface area contributed by atoms with Gasteiger partial charge in [-0.3, -0.25) is 9.78 Å². The molecular weight excluding hydrogens is 521 g/mol. The van der Waals surface area contributed by atoms with Gasteiger partial charge in [0.25, 0.3) is 5.91 Å². The fraction of sp³-hybridized carbons (Fsp3) is 0.303. The molecule has 1 fully saturated rings. The number of benzene rings is 2. The zero-order valence-corrected chi connectivity index (χ0v) is 23.0. The van der Waals surface area contributed by atoms with E-state index in [9.17, 15) is 14.3 Å². The molecule has 0 saturated heterocycles. The molecule has 2 N–H and O–H groups in total. The van der Waals surface area contributed by atoms with E-state index in [4.69, 9.17) is 19.4 Å². The molecule has 1 aliphatic rings. The zero-order valence-electron chi connectivity index (χ0n) is 23.0. The highest BCUT2D eigenvalue weighted by Crippen LogP contribution is 2.32. The molecule has 210 valence electrons. The van der Waals surface area contributed by atoms with Gasteiger partial charge in [-0.25, -0.2) is 9.37 Å². The topological polar surface area (TPSA) is 93.6 Å². The minimum Gasteiger partial charge on any atom is -0.484 e. The SMILES string of the molecule is COCCNC(=O)c1nc(C#CC2(O)CCCC2)c2cc(Cc3ccc(F)cc3)cnc2c1OCc1ccccc1. The van der Waals surface area contributed by atoms with Gasteiger partial charge in [0.2, 0.25) is 0 Å². The molecule has 0 atom stereocenters. The summed E-state index contributed by atoms with van der Waals surface area (Å²) in [6.45, 7) is 0.835. The van der Waals surface area contributed by atoms with E-state index in [1.54, 1.807) is 25.4 Å². The van der Waals surface area contributed by atoms with Crippen LogP contribution in [0.3, 0.4) is 0 Å². The normalized spacial score (nSPS) is 13.9. The van der Waals surface area contributed by atoms with E-state index in [0.29, 0.717) is 42.5 Å². The van der Waals surface area contributed by atoms with Gasteiger partial charge in [0.05, 0.1) is 6.61 Å². The number of methoxy groups -OCH3 is 1. The second-order valence-electron chi connectivity index (χ2n) is 10.2. The number of carbonyl (C=O) groups excluding carboxylic acids is 1. The van der Waals surface area contributed by atoms with Crippen molar-refractivity contribution in [2.24, 2.45) is 0 Å². The molecule has 8 heteroatoms. The standard InChI is InChI=1S/C33H32FN3O4/c1-40-18-17-35-32(38)30-31(41-22-24-7-3-2-4-8-24)29-27(28(37-30)13-16-33(39)14-5-6-15-33)20-25(21-36-29)19-23-9-11-26(34)12-10-23/h2-4,7-12,20-21,39H,5-6,14-15,17-19,22H2,1H3,(H,35,38). The Labute approximate surface area is 238 Å². The minimum atomic E-state index is -1.09. The van der Waals surface area contributed by atoms with Crippen LogP contribution in [0.5, 0.6) is 5.75 Å². The maximum absolute atomic E-state index is 13.5. The van der Waals surface area contributed by atoms with Gasteiger partial charge in [-0.05, 0) is 72.9 Å². The van der Waals surface area contributed by atoms with Crippen LogP contribution in [0.4, 0.5) is 4.39 Å². The van der Waals surface area contributed by atoms with Crippen molar-refractivity contribution in [3.05, 3.63) is 101 Å². The van der Waals surface area contributed by atoms with Gasteiger partial charge in [0.1, 0.15) is 29.2 Å². The van der Waals surface area contributed by atoms with E-state index in [0.717, 1.165) is 29.5 Å². The molecule has 2 aromatic carbocycles. The molecule has 4 aromatic rings. The van der Waals surface area contributed by atoms with Crippen molar-refractivity contribution in [3.8, 4) is 17.6 Å². The first-order valence-corrected chi connectivity index (χ1v) is 13.7. The van der Waals surface area contributed by atoms with E-state index >= 15 is 0 Å². The Balaban J connectivity index is 1.62. The third kappa shape index (κ3) is 7.07. The Morgan fingerprint density at radius 2 is 1.83 bits per heavy atom. The number of carbonyl (C=O) groups is 1. The summed E-state index contributed by atoms with van der Waals surface area (Å²) in [6.07, 6.45) is 5.22. The summed E-state index contributed by atoms with van der Waals surface area (Å²) in [5, 5.41) is 14.3. The van der Waals surface area contributed by atoms with Crippen LogP contribution in [-0.4, -0.2) is 46.8 Å². The molecule has 0 radical (unpaired) electrons. The van der Waals surface area contributed by atoms with Crippen molar-refractivity contribution < 1.29 is 23.8 Å². The highest BCUT2D eigenvalue weighted by atomic mass is 19.1. The second kappa shape index (κ2) is 12.9.